The molecule has 0 bridgehead atoms. The van der Waals surface area contributed by atoms with E-state index in [1.807, 2.05) is 0 Å². The van der Waals surface area contributed by atoms with Crippen LogP contribution in [0.25, 0.3) is 0 Å². The van der Waals surface area contributed by atoms with Gasteiger partial charge in [0, 0.05) is 25.7 Å². The molecule has 95 heavy (non-hydrogen) atoms. The lowest BCUT2D eigenvalue weighted by Gasteiger charge is -2.21. The van der Waals surface area contributed by atoms with Crippen molar-refractivity contribution in [1.82, 2.24) is 0 Å². The molecule has 3 N–H and O–H groups in total. The third-order valence-corrected chi connectivity index (χ3v) is 19.6. The standard InChI is InChI=1S/C76H148O17P2/c1-7-9-11-13-15-17-19-21-22-23-24-25-26-27-31-36-42-49-55-61-76(81)92-71(64-86-73(78)58-52-46-40-34-32-28-29-33-38-44-50-56-68(3)4)66-90-94(82,83)88-62-70(77)63-89-95(84,85)91-67-72(65-87-74(79)59-53-47-43-37-39-45-51-57-69(5)6)93-75(80)60-54-48-41-35-30-20-18-16-14-12-10-8-2/h68-72,77H,7-67H2,1-6H3,(H,82,83)(H,84,85)/t70-,71-,72-/m1/s1. The molecule has 564 valence electrons. The van der Waals surface area contributed by atoms with E-state index >= 15 is 0 Å². The van der Waals surface area contributed by atoms with Gasteiger partial charge in [0.25, 0.3) is 0 Å². The van der Waals surface area contributed by atoms with E-state index in [0.717, 1.165) is 102 Å². The van der Waals surface area contributed by atoms with E-state index in [1.165, 1.54) is 205 Å². The highest BCUT2D eigenvalue weighted by Crippen LogP contribution is 2.45. The number of carbonyl (C=O) groups is 4. The van der Waals surface area contributed by atoms with Crippen LogP contribution in [0.15, 0.2) is 0 Å². The van der Waals surface area contributed by atoms with Crippen LogP contribution >= 0.6 is 15.6 Å². The number of phosphoric acid groups is 2. The largest absolute Gasteiger partial charge is 0.472 e. The summed E-state index contributed by atoms with van der Waals surface area (Å²) < 4.78 is 68.5. The Morgan fingerprint density at radius 3 is 0.716 bits per heavy atom. The molecule has 5 atom stereocenters. The van der Waals surface area contributed by atoms with Gasteiger partial charge in [0.05, 0.1) is 26.4 Å². The summed E-state index contributed by atoms with van der Waals surface area (Å²) in [6.45, 7) is 9.54. The molecule has 0 heterocycles. The topological polar surface area (TPSA) is 237 Å². The van der Waals surface area contributed by atoms with Gasteiger partial charge in [-0.15, -0.1) is 0 Å². The maximum absolute atomic E-state index is 13.1. The maximum Gasteiger partial charge on any atom is 0.472 e. The first kappa shape index (κ1) is 93.1. The lowest BCUT2D eigenvalue weighted by Crippen LogP contribution is -2.30. The zero-order valence-electron chi connectivity index (χ0n) is 62.0. The number of hydrogen-bond acceptors (Lipinski definition) is 15. The van der Waals surface area contributed by atoms with Crippen molar-refractivity contribution in [2.45, 2.75) is 413 Å². The van der Waals surface area contributed by atoms with Gasteiger partial charge in [0.1, 0.15) is 19.3 Å². The molecule has 0 spiro atoms. The van der Waals surface area contributed by atoms with Crippen molar-refractivity contribution in [2.75, 3.05) is 39.6 Å². The summed E-state index contributed by atoms with van der Waals surface area (Å²) in [6.07, 6.45) is 55.6. The molecule has 17 nitrogen and oxygen atoms in total. The molecule has 0 amide bonds. The molecule has 0 aliphatic carbocycles. The lowest BCUT2D eigenvalue weighted by atomic mass is 10.0. The number of hydrogen-bond donors (Lipinski definition) is 3. The Bertz CT molecular complexity index is 1840. The molecular weight excluding hydrogens is 1250 g/mol. The van der Waals surface area contributed by atoms with Crippen molar-refractivity contribution >= 4 is 39.5 Å². The lowest BCUT2D eigenvalue weighted by molar-refractivity contribution is -0.161. The SMILES string of the molecule is CCCCCCCCCCCCCCCCCCCCCC(=O)O[C@H](COC(=O)CCCCCCCCCCCCCC(C)C)COP(=O)(O)OC[C@@H](O)COP(=O)(O)OC[C@@H](COC(=O)CCCCCCCCCC(C)C)OC(=O)CCCCCCCCCCCCCC. The van der Waals surface area contributed by atoms with Gasteiger partial charge in [-0.2, -0.15) is 0 Å². The molecule has 19 heteroatoms. The first-order valence-corrected chi connectivity index (χ1v) is 42.5. The minimum Gasteiger partial charge on any atom is -0.462 e. The molecule has 2 unspecified atom stereocenters. The fourth-order valence-corrected chi connectivity index (χ4v) is 13.2. The monoisotopic (exact) mass is 1400 g/mol. The molecule has 0 aliphatic heterocycles. The van der Waals surface area contributed by atoms with Crippen molar-refractivity contribution < 1.29 is 80.2 Å². The Labute approximate surface area is 581 Å². The van der Waals surface area contributed by atoms with Crippen LogP contribution < -0.4 is 0 Å². The number of ether oxygens (including phenoxy) is 4. The van der Waals surface area contributed by atoms with Crippen molar-refractivity contribution in [1.29, 1.82) is 0 Å². The number of carbonyl (C=O) groups excluding carboxylic acids is 4. The number of unbranched alkanes of at least 4 members (excludes halogenated alkanes) is 45. The Morgan fingerprint density at radius 2 is 0.484 bits per heavy atom. The van der Waals surface area contributed by atoms with Crippen LogP contribution in [0, 0.1) is 11.8 Å². The van der Waals surface area contributed by atoms with Crippen LogP contribution in [-0.4, -0.2) is 96.7 Å². The fraction of sp³-hybridized carbons (Fsp3) is 0.947. The molecule has 0 aromatic heterocycles. The molecule has 0 aliphatic rings. The first-order valence-electron chi connectivity index (χ1n) is 39.5. The predicted molar refractivity (Wildman–Crippen MR) is 386 cm³/mol. The van der Waals surface area contributed by atoms with Crippen molar-refractivity contribution in [3.8, 4) is 0 Å². The van der Waals surface area contributed by atoms with E-state index in [9.17, 15) is 43.2 Å². The first-order chi connectivity index (χ1) is 45.9. The van der Waals surface area contributed by atoms with E-state index in [0.29, 0.717) is 31.6 Å². The van der Waals surface area contributed by atoms with Gasteiger partial charge in [-0.05, 0) is 37.5 Å². The van der Waals surface area contributed by atoms with Crippen molar-refractivity contribution in [3.63, 3.8) is 0 Å². The fourth-order valence-electron chi connectivity index (χ4n) is 11.7. The number of aliphatic hydroxyl groups excluding tert-OH is 1. The average Bonchev–Trinajstić information content (AvgIpc) is 1.29. The van der Waals surface area contributed by atoms with Gasteiger partial charge < -0.3 is 33.8 Å². The quantitative estimate of drug-likeness (QED) is 0.0222. The zero-order chi connectivity index (χ0) is 70.0. The van der Waals surface area contributed by atoms with Crippen LogP contribution in [0.4, 0.5) is 0 Å². The minimum absolute atomic E-state index is 0.107. The van der Waals surface area contributed by atoms with E-state index < -0.39 is 97.5 Å². The minimum atomic E-state index is -4.96. The second kappa shape index (κ2) is 67.9. The highest BCUT2D eigenvalue weighted by molar-refractivity contribution is 7.47. The Kier molecular flexibility index (Phi) is 66.5. The molecule has 0 fully saturated rings. The van der Waals surface area contributed by atoms with Crippen LogP contribution in [0.1, 0.15) is 395 Å². The van der Waals surface area contributed by atoms with Gasteiger partial charge in [-0.25, -0.2) is 9.13 Å². The molecule has 0 aromatic carbocycles. The van der Waals surface area contributed by atoms with Crippen LogP contribution in [0.5, 0.6) is 0 Å². The van der Waals surface area contributed by atoms with Gasteiger partial charge in [0.2, 0.25) is 0 Å². The van der Waals surface area contributed by atoms with Gasteiger partial charge >= 0.3 is 39.5 Å². The van der Waals surface area contributed by atoms with Crippen molar-refractivity contribution in [3.05, 3.63) is 0 Å². The van der Waals surface area contributed by atoms with E-state index in [-0.39, 0.29) is 25.7 Å². The predicted octanol–water partition coefficient (Wildman–Crippen LogP) is 22.3. The molecule has 0 saturated heterocycles. The van der Waals surface area contributed by atoms with E-state index in [1.54, 1.807) is 0 Å². The maximum atomic E-state index is 13.1. The van der Waals surface area contributed by atoms with Gasteiger partial charge in [-0.3, -0.25) is 37.3 Å². The Hall–Kier alpha value is -1.94. The highest BCUT2D eigenvalue weighted by Gasteiger charge is 2.30. The number of esters is 4. The van der Waals surface area contributed by atoms with Gasteiger partial charge in [0.15, 0.2) is 12.2 Å². The van der Waals surface area contributed by atoms with E-state index in [4.69, 9.17) is 37.0 Å². The average molecular weight is 1400 g/mol. The molecule has 0 saturated carbocycles. The van der Waals surface area contributed by atoms with Crippen molar-refractivity contribution in [2.24, 2.45) is 11.8 Å². The van der Waals surface area contributed by atoms with Crippen LogP contribution in [0.3, 0.4) is 0 Å². The molecule has 0 radical (unpaired) electrons. The normalized spacial score (nSPS) is 14.0. The summed E-state index contributed by atoms with van der Waals surface area (Å²) in [4.78, 5) is 72.8. The van der Waals surface area contributed by atoms with Gasteiger partial charge in [-0.1, -0.05) is 343 Å². The summed E-state index contributed by atoms with van der Waals surface area (Å²) in [6, 6.07) is 0. The Balaban J connectivity index is 5.23. The number of phosphoric ester groups is 2. The smallest absolute Gasteiger partial charge is 0.462 e. The second-order valence-corrected chi connectivity index (χ2v) is 31.3. The zero-order valence-corrected chi connectivity index (χ0v) is 63.8. The summed E-state index contributed by atoms with van der Waals surface area (Å²) in [5.74, 6) is -0.639. The third kappa shape index (κ3) is 70.3. The van der Waals surface area contributed by atoms with E-state index in [2.05, 4.69) is 41.5 Å². The number of aliphatic hydroxyl groups is 1. The number of rotatable bonds is 75. The van der Waals surface area contributed by atoms with Crippen LogP contribution in [0.2, 0.25) is 0 Å². The Morgan fingerprint density at radius 1 is 0.284 bits per heavy atom. The summed E-state index contributed by atoms with van der Waals surface area (Å²) in [5.41, 5.74) is 0. The second-order valence-electron chi connectivity index (χ2n) is 28.3. The highest BCUT2D eigenvalue weighted by atomic mass is 31.2. The summed E-state index contributed by atoms with van der Waals surface area (Å²) >= 11 is 0. The molecular formula is C76H148O17P2. The summed E-state index contributed by atoms with van der Waals surface area (Å²) in [5, 5.41) is 10.6. The summed E-state index contributed by atoms with van der Waals surface area (Å²) in [7, 11) is -9.91. The molecule has 0 rings (SSSR count). The third-order valence-electron chi connectivity index (χ3n) is 17.7. The molecule has 0 aromatic rings. The van der Waals surface area contributed by atoms with Crippen LogP contribution in [-0.2, 0) is 65.4 Å².